The van der Waals surface area contributed by atoms with Gasteiger partial charge >= 0.3 is 0 Å². The summed E-state index contributed by atoms with van der Waals surface area (Å²) >= 11 is 0. The van der Waals surface area contributed by atoms with Gasteiger partial charge in [0.25, 0.3) is 0 Å². The van der Waals surface area contributed by atoms with Crippen LogP contribution >= 0.6 is 0 Å². The Morgan fingerprint density at radius 3 is 2.83 bits per heavy atom. The van der Waals surface area contributed by atoms with E-state index < -0.39 is 15.8 Å². The van der Waals surface area contributed by atoms with Gasteiger partial charge in [-0.3, -0.25) is 0 Å². The molecule has 1 saturated heterocycles. The lowest BCUT2D eigenvalue weighted by atomic mass is 9.97. The number of nitrogens with zero attached hydrogens (tertiary/aromatic N) is 3. The summed E-state index contributed by atoms with van der Waals surface area (Å²) in [4.78, 5) is 4.15. The van der Waals surface area contributed by atoms with Crippen LogP contribution in [-0.4, -0.2) is 49.7 Å². The molecule has 0 radical (unpaired) electrons. The molecule has 1 aliphatic heterocycles. The average molecular weight is 355 g/mol. The highest BCUT2D eigenvalue weighted by Crippen LogP contribution is 2.35. The van der Waals surface area contributed by atoms with Crippen molar-refractivity contribution in [3.05, 3.63) is 41.8 Å². The largest absolute Gasteiger partial charge is 0.384 e. The third-order valence-corrected chi connectivity index (χ3v) is 5.91. The first-order valence-electron chi connectivity index (χ1n) is 7.46. The van der Waals surface area contributed by atoms with Crippen LogP contribution in [0.4, 0.5) is 4.39 Å². The van der Waals surface area contributed by atoms with Crippen molar-refractivity contribution in [3.8, 4) is 0 Å². The molecule has 3 rings (SSSR count). The smallest absolute Gasteiger partial charge is 0.243 e. The van der Waals surface area contributed by atoms with Crippen LogP contribution in [0.5, 0.6) is 0 Å². The second-order valence-electron chi connectivity index (χ2n) is 5.78. The maximum atomic E-state index is 13.4. The SMILES string of the molecule is COCC1CN(S(=O)(=O)c2cccc(F)c2)CC1c1nc(C)no1. The summed E-state index contributed by atoms with van der Waals surface area (Å²) in [5, 5.41) is 3.77. The molecule has 1 fully saturated rings. The van der Waals surface area contributed by atoms with Gasteiger partial charge in [0.2, 0.25) is 15.9 Å². The lowest BCUT2D eigenvalue weighted by Gasteiger charge is -2.16. The van der Waals surface area contributed by atoms with Gasteiger partial charge in [-0.05, 0) is 25.1 Å². The topological polar surface area (TPSA) is 85.5 Å². The molecule has 130 valence electrons. The number of sulfonamides is 1. The second-order valence-corrected chi connectivity index (χ2v) is 7.72. The highest BCUT2D eigenvalue weighted by molar-refractivity contribution is 7.89. The molecule has 1 aliphatic rings. The van der Waals surface area contributed by atoms with Gasteiger partial charge in [-0.1, -0.05) is 11.2 Å². The molecule has 9 heteroatoms. The fourth-order valence-electron chi connectivity index (χ4n) is 2.93. The summed E-state index contributed by atoms with van der Waals surface area (Å²) < 4.78 is 50.7. The highest BCUT2D eigenvalue weighted by Gasteiger charge is 2.42. The molecule has 0 spiro atoms. The first-order valence-corrected chi connectivity index (χ1v) is 8.90. The molecule has 7 nitrogen and oxygen atoms in total. The van der Waals surface area contributed by atoms with Gasteiger partial charge in [0.1, 0.15) is 5.82 Å². The first kappa shape index (κ1) is 17.0. The number of halogens is 1. The van der Waals surface area contributed by atoms with E-state index in [4.69, 9.17) is 9.26 Å². The van der Waals surface area contributed by atoms with Crippen LogP contribution in [0.2, 0.25) is 0 Å². The van der Waals surface area contributed by atoms with Gasteiger partial charge < -0.3 is 9.26 Å². The molecule has 0 saturated carbocycles. The number of aromatic nitrogens is 2. The van der Waals surface area contributed by atoms with E-state index in [1.807, 2.05) is 0 Å². The van der Waals surface area contributed by atoms with Gasteiger partial charge in [-0.15, -0.1) is 0 Å². The molecule has 24 heavy (non-hydrogen) atoms. The third kappa shape index (κ3) is 3.19. The Balaban J connectivity index is 1.89. The second kappa shape index (κ2) is 6.58. The molecule has 0 bridgehead atoms. The van der Waals surface area contributed by atoms with Crippen molar-refractivity contribution < 1.29 is 22.1 Å². The van der Waals surface area contributed by atoms with Crippen LogP contribution < -0.4 is 0 Å². The molecule has 1 aromatic carbocycles. The quantitative estimate of drug-likeness (QED) is 0.809. The van der Waals surface area contributed by atoms with Crippen molar-refractivity contribution in [2.45, 2.75) is 17.7 Å². The summed E-state index contributed by atoms with van der Waals surface area (Å²) in [6, 6.07) is 4.99. The fourth-order valence-corrected chi connectivity index (χ4v) is 4.49. The van der Waals surface area contributed by atoms with E-state index in [-0.39, 0.29) is 29.8 Å². The number of ether oxygens (including phenoxy) is 1. The van der Waals surface area contributed by atoms with Crippen molar-refractivity contribution in [1.29, 1.82) is 0 Å². The van der Waals surface area contributed by atoms with Crippen LogP contribution in [0.3, 0.4) is 0 Å². The normalized spacial score (nSPS) is 22.1. The predicted molar refractivity (Wildman–Crippen MR) is 82.3 cm³/mol. The molecule has 2 unspecified atom stereocenters. The molecule has 2 heterocycles. The number of aryl methyl sites for hydroxylation is 1. The van der Waals surface area contributed by atoms with Gasteiger partial charge in [0, 0.05) is 26.1 Å². The van der Waals surface area contributed by atoms with Gasteiger partial charge in [-0.2, -0.15) is 9.29 Å². The number of rotatable bonds is 5. The molecular formula is C15H18FN3O4S. The van der Waals surface area contributed by atoms with E-state index in [1.165, 1.54) is 22.5 Å². The van der Waals surface area contributed by atoms with Crippen LogP contribution in [0.1, 0.15) is 17.6 Å². The molecule has 0 aliphatic carbocycles. The average Bonchev–Trinajstić information content (AvgIpc) is 3.14. The lowest BCUT2D eigenvalue weighted by Crippen LogP contribution is -2.29. The molecule has 1 aromatic heterocycles. The summed E-state index contributed by atoms with van der Waals surface area (Å²) in [7, 11) is -2.24. The summed E-state index contributed by atoms with van der Waals surface area (Å²) in [5.41, 5.74) is 0. The van der Waals surface area contributed by atoms with Crippen molar-refractivity contribution in [1.82, 2.24) is 14.4 Å². The van der Waals surface area contributed by atoms with Crippen molar-refractivity contribution in [2.24, 2.45) is 5.92 Å². The first-order chi connectivity index (χ1) is 11.4. The minimum atomic E-state index is -3.80. The zero-order valence-corrected chi connectivity index (χ0v) is 14.2. The van der Waals surface area contributed by atoms with E-state index in [9.17, 15) is 12.8 Å². The van der Waals surface area contributed by atoms with Crippen LogP contribution in [0.25, 0.3) is 0 Å². The standard InChI is InChI=1S/C15H18FN3O4S/c1-10-17-15(23-18-10)14-8-19(7-11(14)9-22-2)24(20,21)13-5-3-4-12(16)6-13/h3-6,11,14H,7-9H2,1-2H3. The van der Waals surface area contributed by atoms with Crippen molar-refractivity contribution in [2.75, 3.05) is 26.8 Å². The predicted octanol–water partition coefficient (Wildman–Crippen LogP) is 1.57. The Kier molecular flexibility index (Phi) is 4.66. The molecule has 2 aromatic rings. The van der Waals surface area contributed by atoms with Gasteiger partial charge in [0.15, 0.2) is 5.82 Å². The van der Waals surface area contributed by atoms with Crippen LogP contribution in [0, 0.1) is 18.7 Å². The van der Waals surface area contributed by atoms with Crippen LogP contribution in [-0.2, 0) is 14.8 Å². The Bertz CT molecular complexity index is 824. The number of methoxy groups -OCH3 is 1. The van der Waals surface area contributed by atoms with Gasteiger partial charge in [-0.25, -0.2) is 12.8 Å². The van der Waals surface area contributed by atoms with Crippen molar-refractivity contribution in [3.63, 3.8) is 0 Å². The Hall–Kier alpha value is -1.84. The van der Waals surface area contributed by atoms with E-state index in [0.29, 0.717) is 18.3 Å². The van der Waals surface area contributed by atoms with E-state index in [1.54, 1.807) is 14.0 Å². The lowest BCUT2D eigenvalue weighted by molar-refractivity contribution is 0.145. The van der Waals surface area contributed by atoms with Crippen LogP contribution in [0.15, 0.2) is 33.7 Å². The highest BCUT2D eigenvalue weighted by atomic mass is 32.2. The summed E-state index contributed by atoms with van der Waals surface area (Å²) in [5.74, 6) is -0.0699. The molecule has 0 N–H and O–H groups in total. The molecular weight excluding hydrogens is 337 g/mol. The maximum Gasteiger partial charge on any atom is 0.243 e. The van der Waals surface area contributed by atoms with Gasteiger partial charge in [0.05, 0.1) is 17.4 Å². The molecule has 0 amide bonds. The van der Waals surface area contributed by atoms with E-state index in [2.05, 4.69) is 10.1 Å². The Morgan fingerprint density at radius 2 is 2.21 bits per heavy atom. The number of benzene rings is 1. The zero-order chi connectivity index (χ0) is 17.3. The monoisotopic (exact) mass is 355 g/mol. The summed E-state index contributed by atoms with van der Waals surface area (Å²) in [6.07, 6.45) is 0. The Morgan fingerprint density at radius 1 is 1.42 bits per heavy atom. The zero-order valence-electron chi connectivity index (χ0n) is 13.3. The fraction of sp³-hybridized carbons (Fsp3) is 0.467. The van der Waals surface area contributed by atoms with E-state index in [0.717, 1.165) is 6.07 Å². The summed E-state index contributed by atoms with van der Waals surface area (Å²) in [6.45, 7) is 2.50. The van der Waals surface area contributed by atoms with Crippen molar-refractivity contribution >= 4 is 10.0 Å². The number of hydrogen-bond acceptors (Lipinski definition) is 6. The maximum absolute atomic E-state index is 13.4. The number of hydrogen-bond donors (Lipinski definition) is 0. The minimum absolute atomic E-state index is 0.0685. The third-order valence-electron chi connectivity index (χ3n) is 4.08. The van der Waals surface area contributed by atoms with E-state index >= 15 is 0 Å². The molecule has 2 atom stereocenters. The Labute approximate surface area is 139 Å². The minimum Gasteiger partial charge on any atom is -0.384 e.